The van der Waals surface area contributed by atoms with Gasteiger partial charge in [0.1, 0.15) is 11.6 Å². The van der Waals surface area contributed by atoms with Gasteiger partial charge < -0.3 is 9.84 Å². The molecule has 166 valence electrons. The lowest BCUT2D eigenvalue weighted by Crippen LogP contribution is -1.94. The number of ether oxygens (including phenoxy) is 1. The van der Waals surface area contributed by atoms with E-state index in [9.17, 15) is 13.2 Å². The SMILES string of the molecule is COc1ccc(-c2ccc(/C=C/c3ccc(-c4ccc(CO)cc4)c(F)c3F)cc2)c(F)c1. The van der Waals surface area contributed by atoms with E-state index in [0.717, 1.165) is 5.56 Å². The van der Waals surface area contributed by atoms with E-state index in [-0.39, 0.29) is 23.6 Å². The number of hydrogen-bond donors (Lipinski definition) is 1. The van der Waals surface area contributed by atoms with E-state index < -0.39 is 11.6 Å². The first kappa shape index (κ1) is 22.4. The van der Waals surface area contributed by atoms with Crippen LogP contribution in [0, 0.1) is 17.5 Å². The molecule has 0 atom stereocenters. The predicted octanol–water partition coefficient (Wildman–Crippen LogP) is 7.11. The second kappa shape index (κ2) is 9.76. The first-order valence-corrected chi connectivity index (χ1v) is 10.3. The zero-order chi connectivity index (χ0) is 23.4. The molecule has 4 rings (SSSR count). The molecule has 0 heterocycles. The summed E-state index contributed by atoms with van der Waals surface area (Å²) in [6.07, 6.45) is 3.17. The van der Waals surface area contributed by atoms with Gasteiger partial charge in [-0.2, -0.15) is 0 Å². The van der Waals surface area contributed by atoms with Gasteiger partial charge in [-0.25, -0.2) is 13.2 Å². The molecule has 0 saturated carbocycles. The molecule has 0 spiro atoms. The highest BCUT2D eigenvalue weighted by atomic mass is 19.2. The van der Waals surface area contributed by atoms with Crippen molar-refractivity contribution in [1.29, 1.82) is 0 Å². The van der Waals surface area contributed by atoms with Gasteiger partial charge in [-0.3, -0.25) is 0 Å². The summed E-state index contributed by atoms with van der Waals surface area (Å²) < 4.78 is 48.7. The predicted molar refractivity (Wildman–Crippen MR) is 125 cm³/mol. The average Bonchev–Trinajstić information content (AvgIpc) is 2.85. The topological polar surface area (TPSA) is 29.5 Å². The van der Waals surface area contributed by atoms with E-state index in [1.807, 2.05) is 0 Å². The van der Waals surface area contributed by atoms with Crippen molar-refractivity contribution in [2.24, 2.45) is 0 Å². The molecule has 0 bridgehead atoms. The number of aliphatic hydroxyl groups excluding tert-OH is 1. The lowest BCUT2D eigenvalue weighted by Gasteiger charge is -2.08. The van der Waals surface area contributed by atoms with Crippen LogP contribution < -0.4 is 4.74 Å². The summed E-state index contributed by atoms with van der Waals surface area (Å²) in [7, 11) is 1.48. The zero-order valence-corrected chi connectivity index (χ0v) is 17.9. The molecular formula is C28H21F3O2. The summed E-state index contributed by atoms with van der Waals surface area (Å²) in [6.45, 7) is -0.114. The molecule has 0 radical (unpaired) electrons. The van der Waals surface area contributed by atoms with Crippen molar-refractivity contribution < 1.29 is 23.0 Å². The summed E-state index contributed by atoms with van der Waals surface area (Å²) in [5.41, 5.74) is 3.40. The van der Waals surface area contributed by atoms with Gasteiger partial charge in [-0.1, -0.05) is 72.8 Å². The zero-order valence-electron chi connectivity index (χ0n) is 17.9. The standard InChI is InChI=1S/C28H21F3O2/c1-33-23-13-15-24(26(29)16-23)20-7-2-18(3-8-20)4-11-22-12-14-25(28(31)27(22)30)21-9-5-19(17-32)6-10-21/h2-16,32H,17H2,1H3/b11-4+. The molecular weight excluding hydrogens is 425 g/mol. The molecule has 5 heteroatoms. The lowest BCUT2D eigenvalue weighted by molar-refractivity contribution is 0.282. The number of hydrogen-bond acceptors (Lipinski definition) is 2. The molecule has 33 heavy (non-hydrogen) atoms. The molecule has 0 aliphatic rings. The quantitative estimate of drug-likeness (QED) is 0.320. The van der Waals surface area contributed by atoms with Crippen LogP contribution in [0.3, 0.4) is 0 Å². The van der Waals surface area contributed by atoms with Gasteiger partial charge in [0.2, 0.25) is 0 Å². The highest BCUT2D eigenvalue weighted by Crippen LogP contribution is 2.29. The molecule has 0 aliphatic heterocycles. The Morgan fingerprint density at radius 2 is 1.36 bits per heavy atom. The monoisotopic (exact) mass is 446 g/mol. The summed E-state index contributed by atoms with van der Waals surface area (Å²) in [5.74, 6) is -1.81. The third-order valence-corrected chi connectivity index (χ3v) is 5.41. The van der Waals surface area contributed by atoms with Gasteiger partial charge in [-0.05, 0) is 34.4 Å². The fourth-order valence-corrected chi connectivity index (χ4v) is 3.52. The van der Waals surface area contributed by atoms with Crippen LogP contribution in [0.1, 0.15) is 16.7 Å². The molecule has 4 aromatic carbocycles. The number of rotatable bonds is 6. The third kappa shape index (κ3) is 4.83. The number of aliphatic hydroxyl groups is 1. The van der Waals surface area contributed by atoms with Gasteiger partial charge in [0.15, 0.2) is 11.6 Å². The first-order valence-electron chi connectivity index (χ1n) is 10.3. The van der Waals surface area contributed by atoms with E-state index in [0.29, 0.717) is 28.0 Å². The molecule has 0 amide bonds. The maximum atomic E-state index is 14.7. The van der Waals surface area contributed by atoms with Crippen molar-refractivity contribution in [3.63, 3.8) is 0 Å². The fourth-order valence-electron chi connectivity index (χ4n) is 3.52. The Kier molecular flexibility index (Phi) is 6.61. The van der Waals surface area contributed by atoms with Crippen molar-refractivity contribution >= 4 is 12.2 Å². The van der Waals surface area contributed by atoms with Gasteiger partial charge in [0.05, 0.1) is 13.7 Å². The Balaban J connectivity index is 1.54. The first-order chi connectivity index (χ1) is 16.0. The molecule has 0 saturated heterocycles. The van der Waals surface area contributed by atoms with E-state index in [2.05, 4.69) is 0 Å². The highest BCUT2D eigenvalue weighted by molar-refractivity contribution is 5.74. The second-order valence-corrected chi connectivity index (χ2v) is 7.49. The van der Waals surface area contributed by atoms with E-state index in [4.69, 9.17) is 9.84 Å². The number of benzene rings is 4. The Hall–Kier alpha value is -3.83. The third-order valence-electron chi connectivity index (χ3n) is 5.41. The summed E-state index contributed by atoms with van der Waals surface area (Å²) in [6, 6.07) is 21.4. The molecule has 2 nitrogen and oxygen atoms in total. The minimum atomic E-state index is -0.938. The van der Waals surface area contributed by atoms with Crippen LogP contribution in [0.2, 0.25) is 0 Å². The lowest BCUT2D eigenvalue weighted by atomic mass is 10.0. The molecule has 0 aromatic heterocycles. The van der Waals surface area contributed by atoms with Crippen molar-refractivity contribution in [3.8, 4) is 28.0 Å². The van der Waals surface area contributed by atoms with Crippen LogP contribution in [-0.4, -0.2) is 12.2 Å². The van der Waals surface area contributed by atoms with Crippen LogP contribution in [0.15, 0.2) is 78.9 Å². The van der Waals surface area contributed by atoms with Crippen LogP contribution in [0.4, 0.5) is 13.2 Å². The van der Waals surface area contributed by atoms with Crippen molar-refractivity contribution in [1.82, 2.24) is 0 Å². The van der Waals surface area contributed by atoms with Gasteiger partial charge in [-0.15, -0.1) is 0 Å². The summed E-state index contributed by atoms with van der Waals surface area (Å²) in [5, 5.41) is 9.13. The largest absolute Gasteiger partial charge is 0.497 e. The second-order valence-electron chi connectivity index (χ2n) is 7.49. The van der Waals surface area contributed by atoms with Crippen molar-refractivity contribution in [2.75, 3.05) is 7.11 Å². The Bertz CT molecular complexity index is 1290. The Morgan fingerprint density at radius 3 is 2.00 bits per heavy atom. The van der Waals surface area contributed by atoms with Crippen molar-refractivity contribution in [3.05, 3.63) is 113 Å². The molecule has 1 N–H and O–H groups in total. The van der Waals surface area contributed by atoms with Gasteiger partial charge in [0.25, 0.3) is 0 Å². The van der Waals surface area contributed by atoms with Gasteiger partial charge >= 0.3 is 0 Å². The fraction of sp³-hybridized carbons (Fsp3) is 0.0714. The minimum Gasteiger partial charge on any atom is -0.497 e. The van der Waals surface area contributed by atoms with Gasteiger partial charge in [0, 0.05) is 22.8 Å². The number of methoxy groups -OCH3 is 1. The van der Waals surface area contributed by atoms with E-state index in [1.165, 1.54) is 31.4 Å². The summed E-state index contributed by atoms with van der Waals surface area (Å²) in [4.78, 5) is 0. The van der Waals surface area contributed by atoms with Crippen LogP contribution >= 0.6 is 0 Å². The molecule has 4 aromatic rings. The van der Waals surface area contributed by atoms with Crippen molar-refractivity contribution in [2.45, 2.75) is 6.61 Å². The Morgan fingerprint density at radius 1 is 0.727 bits per heavy atom. The molecule has 0 aliphatic carbocycles. The highest BCUT2D eigenvalue weighted by Gasteiger charge is 2.13. The summed E-state index contributed by atoms with van der Waals surface area (Å²) >= 11 is 0. The van der Waals surface area contributed by atoms with Crippen LogP contribution in [-0.2, 0) is 6.61 Å². The van der Waals surface area contributed by atoms with E-state index >= 15 is 0 Å². The maximum absolute atomic E-state index is 14.7. The normalized spacial score (nSPS) is 11.2. The van der Waals surface area contributed by atoms with E-state index in [1.54, 1.807) is 66.7 Å². The molecule has 0 unspecified atom stereocenters. The average molecular weight is 446 g/mol. The number of halogens is 3. The Labute approximate surface area is 190 Å². The molecule has 0 fully saturated rings. The van der Waals surface area contributed by atoms with Crippen LogP contribution in [0.5, 0.6) is 5.75 Å². The van der Waals surface area contributed by atoms with Crippen LogP contribution in [0.25, 0.3) is 34.4 Å². The smallest absolute Gasteiger partial charge is 0.167 e. The minimum absolute atomic E-state index is 0.114. The maximum Gasteiger partial charge on any atom is 0.167 e.